The molecular formula is C6H14BF2NO. The van der Waals surface area contributed by atoms with Gasteiger partial charge >= 0.3 is 0 Å². The third-order valence-corrected chi connectivity index (χ3v) is 1.55. The fourth-order valence-electron chi connectivity index (χ4n) is 0.524. The number of hydrogen-bond acceptors (Lipinski definition) is 2. The van der Waals surface area contributed by atoms with Gasteiger partial charge in [-0.2, -0.15) is 0 Å². The van der Waals surface area contributed by atoms with Gasteiger partial charge in [0.1, 0.15) is 14.5 Å². The van der Waals surface area contributed by atoms with Gasteiger partial charge in [0.25, 0.3) is 5.92 Å². The molecule has 0 saturated carbocycles. The summed E-state index contributed by atoms with van der Waals surface area (Å²) in [7, 11) is 1.91. The van der Waals surface area contributed by atoms with E-state index in [2.05, 4.69) is 5.32 Å². The molecule has 0 aromatic carbocycles. The molecule has 0 radical (unpaired) electrons. The van der Waals surface area contributed by atoms with Crippen LogP contribution in [0.5, 0.6) is 0 Å². The lowest BCUT2D eigenvalue weighted by Crippen LogP contribution is -2.39. The van der Waals surface area contributed by atoms with Crippen LogP contribution in [0.4, 0.5) is 8.78 Å². The van der Waals surface area contributed by atoms with Crippen molar-refractivity contribution in [2.45, 2.75) is 25.2 Å². The Morgan fingerprint density at radius 2 is 2.18 bits per heavy atom. The summed E-state index contributed by atoms with van der Waals surface area (Å²) in [4.78, 5) is 0. The Hall–Kier alpha value is -0.155. The number of halogens is 2. The van der Waals surface area contributed by atoms with E-state index in [-0.39, 0.29) is 6.04 Å². The number of hydrogen-bond donors (Lipinski definition) is 2. The Bertz CT molecular complexity index is 113. The number of nitrogens with one attached hydrogen (secondary N) is 1. The van der Waals surface area contributed by atoms with Gasteiger partial charge in [0, 0.05) is 0 Å². The lowest BCUT2D eigenvalue weighted by Gasteiger charge is -2.17. The van der Waals surface area contributed by atoms with Crippen molar-refractivity contribution in [3.05, 3.63) is 0 Å². The molecule has 66 valence electrons. The van der Waals surface area contributed by atoms with E-state index in [9.17, 15) is 8.78 Å². The molecule has 0 aromatic rings. The minimum Gasteiger partial charge on any atom is -0.390 e. The maximum Gasteiger partial charge on any atom is 0.282 e. The highest BCUT2D eigenvalue weighted by molar-refractivity contribution is 6.08. The van der Waals surface area contributed by atoms with Crippen molar-refractivity contribution < 1.29 is 13.9 Å². The van der Waals surface area contributed by atoms with Gasteiger partial charge in [-0.25, -0.2) is 8.78 Å². The molecule has 0 spiro atoms. The lowest BCUT2D eigenvalue weighted by atomic mass is 9.99. The zero-order valence-electron chi connectivity index (χ0n) is 6.90. The largest absolute Gasteiger partial charge is 0.390 e. The van der Waals surface area contributed by atoms with Crippen LogP contribution in [0.15, 0.2) is 0 Å². The van der Waals surface area contributed by atoms with Crippen LogP contribution in [0, 0.1) is 0 Å². The van der Waals surface area contributed by atoms with Crippen LogP contribution in [-0.4, -0.2) is 38.1 Å². The maximum atomic E-state index is 12.3. The number of aliphatic hydroxyl groups is 1. The van der Waals surface area contributed by atoms with Crippen LogP contribution in [-0.2, 0) is 0 Å². The molecule has 0 amide bonds. The highest BCUT2D eigenvalue weighted by Gasteiger charge is 2.27. The first-order valence-electron chi connectivity index (χ1n) is 3.74. The fourth-order valence-corrected chi connectivity index (χ4v) is 0.524. The summed E-state index contributed by atoms with van der Waals surface area (Å²) in [6.45, 7) is 0.294. The molecule has 2 nitrogen and oxygen atoms in total. The Labute approximate surface area is 66.4 Å². The fraction of sp³-hybridized carbons (Fsp3) is 1.00. The van der Waals surface area contributed by atoms with Gasteiger partial charge in [0.2, 0.25) is 0 Å². The van der Waals surface area contributed by atoms with Crippen LogP contribution in [0.3, 0.4) is 0 Å². The van der Waals surface area contributed by atoms with Gasteiger partial charge in [0.15, 0.2) is 0 Å². The first kappa shape index (κ1) is 10.8. The zero-order chi connectivity index (χ0) is 8.91. The molecule has 0 aliphatic heterocycles. The Kier molecular flexibility index (Phi) is 4.60. The Balaban J connectivity index is 3.52. The molecule has 0 fully saturated rings. The van der Waals surface area contributed by atoms with Crippen molar-refractivity contribution >= 4 is 7.85 Å². The Morgan fingerprint density at radius 3 is 2.55 bits per heavy atom. The van der Waals surface area contributed by atoms with Crippen molar-refractivity contribution in [3.63, 3.8) is 0 Å². The molecule has 0 rings (SSSR count). The molecule has 0 heterocycles. The van der Waals surface area contributed by atoms with Gasteiger partial charge in [0.05, 0.1) is 6.54 Å². The van der Waals surface area contributed by atoms with Crippen molar-refractivity contribution in [2.75, 3.05) is 13.2 Å². The molecule has 1 unspecified atom stereocenters. The quantitative estimate of drug-likeness (QED) is 0.545. The van der Waals surface area contributed by atoms with Crippen LogP contribution in [0.2, 0.25) is 6.32 Å². The van der Waals surface area contributed by atoms with Gasteiger partial charge in [-0.1, -0.05) is 13.2 Å². The van der Waals surface area contributed by atoms with E-state index in [4.69, 9.17) is 5.11 Å². The number of alkyl halides is 2. The molecular weight excluding hydrogens is 151 g/mol. The Morgan fingerprint density at radius 1 is 1.64 bits per heavy atom. The van der Waals surface area contributed by atoms with Crippen molar-refractivity contribution in [2.24, 2.45) is 0 Å². The van der Waals surface area contributed by atoms with Crippen molar-refractivity contribution in [1.82, 2.24) is 5.32 Å². The first-order chi connectivity index (χ1) is 5.02. The normalized spacial score (nSPS) is 14.9. The highest BCUT2D eigenvalue weighted by atomic mass is 19.3. The van der Waals surface area contributed by atoms with Crippen molar-refractivity contribution in [1.29, 1.82) is 0 Å². The number of rotatable bonds is 5. The molecule has 0 aromatic heterocycles. The third-order valence-electron chi connectivity index (χ3n) is 1.55. The lowest BCUT2D eigenvalue weighted by molar-refractivity contribution is -0.0487. The van der Waals surface area contributed by atoms with Gasteiger partial charge < -0.3 is 10.4 Å². The monoisotopic (exact) mass is 165 g/mol. The summed E-state index contributed by atoms with van der Waals surface area (Å²) >= 11 is 0. The second-order valence-electron chi connectivity index (χ2n) is 2.70. The standard InChI is InChI=1S/C6H14BF2NO/c1-5(2-7)10-3-6(8,9)4-11/h5,10-11H,2-4,7H2,1H3. The molecule has 11 heavy (non-hydrogen) atoms. The van der Waals surface area contributed by atoms with Gasteiger partial charge in [-0.05, 0) is 6.04 Å². The van der Waals surface area contributed by atoms with E-state index in [1.807, 2.05) is 14.8 Å². The summed E-state index contributed by atoms with van der Waals surface area (Å²) in [6, 6.07) is 0.0763. The minimum atomic E-state index is -2.98. The zero-order valence-corrected chi connectivity index (χ0v) is 6.90. The van der Waals surface area contributed by atoms with E-state index in [0.29, 0.717) is 0 Å². The summed E-state index contributed by atoms with van der Waals surface area (Å²) in [5.74, 6) is -2.98. The average Bonchev–Trinajstić information content (AvgIpc) is 2.00. The van der Waals surface area contributed by atoms with E-state index < -0.39 is 19.1 Å². The summed E-state index contributed by atoms with van der Waals surface area (Å²) in [5.41, 5.74) is 0. The predicted octanol–water partition coefficient (Wildman–Crippen LogP) is -0.357. The summed E-state index contributed by atoms with van der Waals surface area (Å²) < 4.78 is 24.7. The second kappa shape index (κ2) is 4.67. The van der Waals surface area contributed by atoms with E-state index in [1.165, 1.54) is 0 Å². The first-order valence-corrected chi connectivity index (χ1v) is 3.74. The van der Waals surface area contributed by atoms with E-state index >= 15 is 0 Å². The smallest absolute Gasteiger partial charge is 0.282 e. The maximum absolute atomic E-state index is 12.3. The molecule has 0 aliphatic rings. The second-order valence-corrected chi connectivity index (χ2v) is 2.70. The van der Waals surface area contributed by atoms with Crippen LogP contribution in [0.1, 0.15) is 6.92 Å². The van der Waals surface area contributed by atoms with E-state index in [0.717, 1.165) is 6.32 Å². The number of aliphatic hydroxyl groups excluding tert-OH is 1. The van der Waals surface area contributed by atoms with Crippen LogP contribution in [0.25, 0.3) is 0 Å². The molecule has 0 saturated heterocycles. The highest BCUT2D eigenvalue weighted by Crippen LogP contribution is 2.10. The third kappa shape index (κ3) is 5.15. The van der Waals surface area contributed by atoms with Gasteiger partial charge in [-0.15, -0.1) is 0 Å². The van der Waals surface area contributed by atoms with Crippen LogP contribution < -0.4 is 5.32 Å². The summed E-state index contributed by atoms with van der Waals surface area (Å²) in [6.07, 6.45) is 0.807. The molecule has 0 aliphatic carbocycles. The molecule has 0 bridgehead atoms. The van der Waals surface area contributed by atoms with E-state index in [1.54, 1.807) is 0 Å². The van der Waals surface area contributed by atoms with Gasteiger partial charge in [-0.3, -0.25) is 0 Å². The summed E-state index contributed by atoms with van der Waals surface area (Å²) in [5, 5.41) is 10.8. The van der Waals surface area contributed by atoms with Crippen molar-refractivity contribution in [3.8, 4) is 0 Å². The average molecular weight is 165 g/mol. The molecule has 5 heteroatoms. The predicted molar refractivity (Wildman–Crippen MR) is 42.8 cm³/mol. The molecule has 2 N–H and O–H groups in total. The molecule has 1 atom stereocenters. The topological polar surface area (TPSA) is 32.3 Å². The minimum absolute atomic E-state index is 0.0763. The SMILES string of the molecule is BCC(C)NCC(F)(F)CO. The van der Waals surface area contributed by atoms with Crippen LogP contribution >= 0.6 is 0 Å².